The van der Waals surface area contributed by atoms with Crippen molar-refractivity contribution in [1.82, 2.24) is 14.9 Å². The van der Waals surface area contributed by atoms with E-state index in [-0.39, 0.29) is 13.8 Å². The van der Waals surface area contributed by atoms with Crippen LogP contribution in [0.4, 0.5) is 5.82 Å². The van der Waals surface area contributed by atoms with E-state index in [1.54, 1.807) is 18.6 Å². The highest BCUT2D eigenvalue weighted by molar-refractivity contribution is 5.94. The van der Waals surface area contributed by atoms with E-state index in [0.29, 0.717) is 5.82 Å². The third kappa shape index (κ3) is 4.79. The minimum atomic E-state index is -0.108. The Morgan fingerprint density at radius 2 is 1.96 bits per heavy atom. The van der Waals surface area contributed by atoms with Crippen molar-refractivity contribution < 1.29 is 6.22 Å². The summed E-state index contributed by atoms with van der Waals surface area (Å²) >= 11 is 0. The number of amides is 1. The summed E-state index contributed by atoms with van der Waals surface area (Å²) in [6.45, 7) is 3.90. The highest BCUT2D eigenvalue weighted by Gasteiger charge is 2.07. The van der Waals surface area contributed by atoms with Crippen molar-refractivity contribution >= 4 is 28.1 Å². The minimum absolute atomic E-state index is 0. The molecule has 0 saturated carbocycles. The lowest BCUT2D eigenvalue weighted by atomic mass is 10.0. The maximum absolute atomic E-state index is 12.3. The number of carbonyl (C=O) groups excluding carboxylic acids is 1. The number of benzene rings is 1. The zero-order chi connectivity index (χ0) is 19.2. The molecule has 1 N–H and O–H groups in total. The van der Waals surface area contributed by atoms with E-state index in [2.05, 4.69) is 27.9 Å². The fraction of sp³-hybridized carbons (Fsp3) is 0.136. The van der Waals surface area contributed by atoms with E-state index < -0.39 is 0 Å². The lowest BCUT2D eigenvalue weighted by Gasteiger charge is -2.11. The number of nitrogens with one attached hydrogen (secondary N) is 1. The van der Waals surface area contributed by atoms with Gasteiger partial charge in [-0.1, -0.05) is 24.8 Å². The molecule has 3 aromatic rings. The van der Waals surface area contributed by atoms with E-state index in [9.17, 15) is 4.79 Å². The highest BCUT2D eigenvalue weighted by atomic mass is 16.1. The molecule has 0 atom stereocenters. The van der Waals surface area contributed by atoms with Gasteiger partial charge in [-0.05, 0) is 46.4 Å². The van der Waals surface area contributed by atoms with Crippen LogP contribution in [-0.4, -0.2) is 34.9 Å². The van der Waals surface area contributed by atoms with Crippen LogP contribution in [0, 0.1) is 0 Å². The fourth-order valence-corrected chi connectivity index (χ4v) is 2.79. The molecule has 5 heteroatoms. The van der Waals surface area contributed by atoms with Crippen LogP contribution >= 0.6 is 0 Å². The molecule has 0 aliphatic carbocycles. The summed E-state index contributed by atoms with van der Waals surface area (Å²) in [4.78, 5) is 22.5. The number of hydrogen-bond donors (Lipinski definition) is 1. The summed E-state index contributed by atoms with van der Waals surface area (Å²) in [5.74, 6) is 0.430. The Kier molecular flexibility index (Phi) is 5.61. The predicted octanol–water partition coefficient (Wildman–Crippen LogP) is 4.15. The van der Waals surface area contributed by atoms with E-state index in [1.165, 1.54) is 0 Å². The number of carbonyl (C=O) groups is 1. The van der Waals surface area contributed by atoms with Crippen LogP contribution in [0.3, 0.4) is 0 Å². The van der Waals surface area contributed by atoms with E-state index in [0.717, 1.165) is 27.5 Å². The molecule has 0 bridgehead atoms. The molecular formula is C22H24N4O. The number of hydrogen-bond acceptors (Lipinski definition) is 4. The van der Waals surface area contributed by atoms with Crippen molar-refractivity contribution in [2.45, 2.75) is 6.42 Å². The molecular weight excluding hydrogens is 336 g/mol. The molecule has 2 heterocycles. The SMILES string of the molecule is C=C/C(=C\N(C)C)c1ccc2cnc(NC(=O)Cc3ccncc3)cc2c1.[HH]. The molecule has 0 aliphatic rings. The monoisotopic (exact) mass is 360 g/mol. The van der Waals surface area contributed by atoms with Gasteiger partial charge in [0.1, 0.15) is 5.82 Å². The molecule has 0 spiro atoms. The molecule has 27 heavy (non-hydrogen) atoms. The lowest BCUT2D eigenvalue weighted by Crippen LogP contribution is -2.15. The molecule has 2 aromatic heterocycles. The Hall–Kier alpha value is -3.47. The number of anilines is 1. The maximum Gasteiger partial charge on any atom is 0.229 e. The first-order chi connectivity index (χ1) is 13.0. The number of pyridine rings is 2. The van der Waals surface area contributed by atoms with Gasteiger partial charge < -0.3 is 10.2 Å². The van der Waals surface area contributed by atoms with Gasteiger partial charge in [0, 0.05) is 45.7 Å². The Bertz CT molecular complexity index is 1000. The maximum atomic E-state index is 12.3. The molecule has 0 fully saturated rings. The van der Waals surface area contributed by atoms with Gasteiger partial charge in [0.05, 0.1) is 6.42 Å². The van der Waals surface area contributed by atoms with Crippen LogP contribution in [0.25, 0.3) is 16.3 Å². The summed E-state index contributed by atoms with van der Waals surface area (Å²) in [6.07, 6.45) is 9.26. The van der Waals surface area contributed by atoms with Gasteiger partial charge in [0.15, 0.2) is 0 Å². The van der Waals surface area contributed by atoms with Crippen LogP contribution in [0.1, 0.15) is 12.6 Å². The summed E-state index contributed by atoms with van der Waals surface area (Å²) in [5.41, 5.74) is 3.00. The molecule has 0 radical (unpaired) electrons. The van der Waals surface area contributed by atoms with Crippen molar-refractivity contribution in [2.75, 3.05) is 19.4 Å². The molecule has 1 amide bonds. The van der Waals surface area contributed by atoms with Crippen LogP contribution in [-0.2, 0) is 11.2 Å². The average molecular weight is 360 g/mol. The first-order valence-corrected chi connectivity index (χ1v) is 8.65. The third-order valence-corrected chi connectivity index (χ3v) is 4.05. The zero-order valence-electron chi connectivity index (χ0n) is 15.5. The van der Waals surface area contributed by atoms with Crippen molar-refractivity contribution in [1.29, 1.82) is 0 Å². The molecule has 0 saturated heterocycles. The van der Waals surface area contributed by atoms with Crippen molar-refractivity contribution in [2.24, 2.45) is 0 Å². The molecule has 138 valence electrons. The largest absolute Gasteiger partial charge is 0.383 e. The van der Waals surface area contributed by atoms with Gasteiger partial charge in [-0.15, -0.1) is 0 Å². The quantitative estimate of drug-likeness (QED) is 0.671. The van der Waals surface area contributed by atoms with Crippen LogP contribution < -0.4 is 5.32 Å². The normalized spacial score (nSPS) is 11.3. The van der Waals surface area contributed by atoms with Crippen molar-refractivity contribution in [3.05, 3.63) is 85.0 Å². The van der Waals surface area contributed by atoms with Gasteiger partial charge in [-0.25, -0.2) is 4.98 Å². The molecule has 1 aromatic carbocycles. The lowest BCUT2D eigenvalue weighted by molar-refractivity contribution is -0.115. The Labute approximate surface area is 160 Å². The first kappa shape index (κ1) is 18.3. The predicted molar refractivity (Wildman–Crippen MR) is 112 cm³/mol. The number of allylic oxidation sites excluding steroid dienone is 2. The first-order valence-electron chi connectivity index (χ1n) is 8.65. The molecule has 5 nitrogen and oxygen atoms in total. The minimum Gasteiger partial charge on any atom is -0.383 e. The Morgan fingerprint density at radius 3 is 2.67 bits per heavy atom. The zero-order valence-corrected chi connectivity index (χ0v) is 15.5. The van der Waals surface area contributed by atoms with E-state index in [4.69, 9.17) is 0 Å². The average Bonchev–Trinajstić information content (AvgIpc) is 2.66. The number of fused-ring (bicyclic) bond motifs is 1. The number of nitrogens with zero attached hydrogens (tertiary/aromatic N) is 3. The number of aromatic nitrogens is 2. The third-order valence-electron chi connectivity index (χ3n) is 4.05. The van der Waals surface area contributed by atoms with Gasteiger partial charge in [-0.3, -0.25) is 9.78 Å². The fourth-order valence-electron chi connectivity index (χ4n) is 2.79. The second-order valence-corrected chi connectivity index (χ2v) is 6.46. The summed E-state index contributed by atoms with van der Waals surface area (Å²) < 4.78 is 0. The van der Waals surface area contributed by atoms with Crippen LogP contribution in [0.2, 0.25) is 0 Å². The summed E-state index contributed by atoms with van der Waals surface area (Å²) in [5, 5.41) is 4.88. The van der Waals surface area contributed by atoms with Gasteiger partial charge in [0.2, 0.25) is 5.91 Å². The van der Waals surface area contributed by atoms with Gasteiger partial charge in [0.25, 0.3) is 0 Å². The topological polar surface area (TPSA) is 58.1 Å². The Balaban J connectivity index is 0.00000280. The summed E-state index contributed by atoms with van der Waals surface area (Å²) in [6, 6.07) is 11.7. The second-order valence-electron chi connectivity index (χ2n) is 6.46. The van der Waals surface area contributed by atoms with Crippen molar-refractivity contribution in [3.8, 4) is 0 Å². The standard InChI is InChI=1S/C22H22N4O.H2/c1-4-17(15-26(2)3)18-5-6-19-14-24-21(13-20(19)12-18)25-22(27)11-16-7-9-23-10-8-16;/h4-10,12-15H,1,11H2,2-3H3,(H,24,25,27);1H/b17-15+;. The van der Waals surface area contributed by atoms with Crippen LogP contribution in [0.15, 0.2) is 73.8 Å². The smallest absolute Gasteiger partial charge is 0.229 e. The molecule has 0 aliphatic heterocycles. The highest BCUT2D eigenvalue weighted by Crippen LogP contribution is 2.23. The molecule has 3 rings (SSSR count). The van der Waals surface area contributed by atoms with Crippen molar-refractivity contribution in [3.63, 3.8) is 0 Å². The summed E-state index contributed by atoms with van der Waals surface area (Å²) in [7, 11) is 3.95. The van der Waals surface area contributed by atoms with Gasteiger partial charge >= 0.3 is 0 Å². The Morgan fingerprint density at radius 1 is 1.19 bits per heavy atom. The number of rotatable bonds is 6. The van der Waals surface area contributed by atoms with Crippen LogP contribution in [0.5, 0.6) is 0 Å². The van der Waals surface area contributed by atoms with E-state index in [1.807, 2.05) is 61.6 Å². The van der Waals surface area contributed by atoms with E-state index >= 15 is 0 Å². The van der Waals surface area contributed by atoms with Gasteiger partial charge in [-0.2, -0.15) is 0 Å². The molecule has 0 unspecified atom stereocenters. The second kappa shape index (κ2) is 8.27.